The quantitative estimate of drug-likeness (QED) is 0.582. The molecular weight excluding hydrogens is 438 g/mol. The Morgan fingerprint density at radius 3 is 2.48 bits per heavy atom. The number of aliphatic hydroxyl groups excluding tert-OH is 1. The number of aromatic nitrogens is 1. The summed E-state index contributed by atoms with van der Waals surface area (Å²) in [5, 5.41) is 9.10. The maximum atomic E-state index is 12.3. The molecule has 0 unspecified atom stereocenters. The molecule has 0 spiro atoms. The molecule has 2 aliphatic rings. The molecule has 2 atom stereocenters. The Labute approximate surface area is 197 Å². The Kier molecular flexibility index (Phi) is 8.35. The van der Waals surface area contributed by atoms with E-state index in [0.717, 1.165) is 38.0 Å². The highest BCUT2D eigenvalue weighted by atomic mass is 32.2. The van der Waals surface area contributed by atoms with E-state index in [1.807, 2.05) is 18.2 Å². The first-order valence-electron chi connectivity index (χ1n) is 12.0. The van der Waals surface area contributed by atoms with E-state index in [-0.39, 0.29) is 30.4 Å². The van der Waals surface area contributed by atoms with Gasteiger partial charge in [0.05, 0.1) is 25.1 Å². The zero-order valence-electron chi connectivity index (χ0n) is 19.1. The molecule has 0 amide bonds. The van der Waals surface area contributed by atoms with Gasteiger partial charge in [0, 0.05) is 31.2 Å². The van der Waals surface area contributed by atoms with Crippen LogP contribution in [0.3, 0.4) is 0 Å². The molecule has 33 heavy (non-hydrogen) atoms. The molecule has 2 aromatic rings. The highest BCUT2D eigenvalue weighted by Gasteiger charge is 2.34. The summed E-state index contributed by atoms with van der Waals surface area (Å²) in [5.41, 5.74) is 1.41. The van der Waals surface area contributed by atoms with Crippen molar-refractivity contribution in [2.24, 2.45) is 5.92 Å². The van der Waals surface area contributed by atoms with Crippen LogP contribution in [-0.2, 0) is 14.8 Å². The van der Waals surface area contributed by atoms with E-state index in [0.29, 0.717) is 25.5 Å². The van der Waals surface area contributed by atoms with Gasteiger partial charge in [-0.05, 0) is 55.7 Å². The first-order chi connectivity index (χ1) is 16.0. The average Bonchev–Trinajstić information content (AvgIpc) is 2.84. The van der Waals surface area contributed by atoms with Crippen LogP contribution >= 0.6 is 0 Å². The van der Waals surface area contributed by atoms with Crippen LogP contribution in [0, 0.1) is 5.92 Å². The Bertz CT molecular complexity index is 950. The van der Waals surface area contributed by atoms with Crippen LogP contribution in [0.4, 0.5) is 5.82 Å². The van der Waals surface area contributed by atoms with Gasteiger partial charge in [0.1, 0.15) is 5.82 Å². The Morgan fingerprint density at radius 1 is 1.03 bits per heavy atom. The normalized spacial score (nSPS) is 26.3. The van der Waals surface area contributed by atoms with Crippen molar-refractivity contribution in [1.29, 1.82) is 0 Å². The van der Waals surface area contributed by atoms with Gasteiger partial charge in [-0.25, -0.2) is 18.1 Å². The number of nitrogens with zero attached hydrogens (tertiary/aromatic N) is 2. The third kappa shape index (κ3) is 6.76. The lowest BCUT2D eigenvalue weighted by molar-refractivity contribution is -0.00215. The minimum atomic E-state index is -3.52. The van der Waals surface area contributed by atoms with Crippen molar-refractivity contribution >= 4 is 15.8 Å². The number of benzene rings is 1. The first-order valence-corrected chi connectivity index (χ1v) is 13.6. The highest BCUT2D eigenvalue weighted by Crippen LogP contribution is 2.34. The molecule has 2 fully saturated rings. The van der Waals surface area contributed by atoms with Crippen LogP contribution in [-0.4, -0.2) is 62.7 Å². The van der Waals surface area contributed by atoms with Gasteiger partial charge in [-0.15, -0.1) is 0 Å². The van der Waals surface area contributed by atoms with Crippen molar-refractivity contribution in [1.82, 2.24) is 9.71 Å². The molecule has 180 valence electrons. The molecule has 2 heterocycles. The fraction of sp³-hybridized carbons (Fsp3) is 0.560. The molecule has 7 nitrogen and oxygen atoms in total. The molecule has 2 N–H and O–H groups in total. The predicted molar refractivity (Wildman–Crippen MR) is 130 cm³/mol. The van der Waals surface area contributed by atoms with E-state index >= 15 is 0 Å². The van der Waals surface area contributed by atoms with Gasteiger partial charge in [-0.1, -0.05) is 36.4 Å². The molecule has 1 aliphatic heterocycles. The number of ether oxygens (including phenoxy) is 1. The Hall–Kier alpha value is -2.00. The lowest BCUT2D eigenvalue weighted by Crippen LogP contribution is -2.53. The van der Waals surface area contributed by atoms with Crippen molar-refractivity contribution in [3.8, 4) is 0 Å². The third-order valence-corrected chi connectivity index (χ3v) is 8.27. The molecule has 1 aliphatic carbocycles. The lowest BCUT2D eigenvalue weighted by Gasteiger charge is -2.40. The second-order valence-corrected chi connectivity index (χ2v) is 11.0. The van der Waals surface area contributed by atoms with Crippen LogP contribution in [0.5, 0.6) is 0 Å². The number of hydrogen-bond acceptors (Lipinski definition) is 6. The first kappa shape index (κ1) is 24.1. The van der Waals surface area contributed by atoms with Gasteiger partial charge < -0.3 is 14.7 Å². The Balaban J connectivity index is 1.36. The van der Waals surface area contributed by atoms with Crippen LogP contribution in [0.25, 0.3) is 0 Å². The predicted octanol–water partition coefficient (Wildman–Crippen LogP) is 2.93. The number of nitrogens with one attached hydrogen (secondary N) is 1. The molecule has 1 saturated carbocycles. The van der Waals surface area contributed by atoms with Crippen molar-refractivity contribution in [2.75, 3.05) is 37.0 Å². The highest BCUT2D eigenvalue weighted by molar-refractivity contribution is 7.89. The lowest BCUT2D eigenvalue weighted by atomic mass is 9.82. The maximum Gasteiger partial charge on any atom is 0.214 e. The summed E-state index contributed by atoms with van der Waals surface area (Å²) in [7, 11) is -3.52. The van der Waals surface area contributed by atoms with Crippen molar-refractivity contribution in [2.45, 2.75) is 50.2 Å². The summed E-state index contributed by atoms with van der Waals surface area (Å²) in [6.07, 6.45) is 6.95. The molecule has 8 heteroatoms. The van der Waals surface area contributed by atoms with E-state index < -0.39 is 10.0 Å². The topological polar surface area (TPSA) is 91.8 Å². The second-order valence-electron chi connectivity index (χ2n) is 9.17. The average molecular weight is 474 g/mol. The fourth-order valence-electron chi connectivity index (χ4n) is 5.06. The number of hydrogen-bond donors (Lipinski definition) is 2. The standard InChI is InChI=1S/C25H35N3O4S/c29-16-17-33(30,31)27-24-13-15-28(25-8-4-5-14-26-25)18-22(24)19-32-23-11-9-21(10-12-23)20-6-2-1-3-7-20/h1-8,14,21-24,27,29H,9-13,15-19H2/t21-,22-,23+,24-/m0/s1. The maximum absolute atomic E-state index is 12.3. The van der Waals surface area contributed by atoms with Gasteiger partial charge in [-0.3, -0.25) is 0 Å². The molecule has 0 radical (unpaired) electrons. The van der Waals surface area contributed by atoms with E-state index in [1.165, 1.54) is 5.56 Å². The van der Waals surface area contributed by atoms with Crippen LogP contribution in [0.15, 0.2) is 54.7 Å². The number of pyridine rings is 1. The van der Waals surface area contributed by atoms with E-state index in [4.69, 9.17) is 9.84 Å². The Morgan fingerprint density at radius 2 is 1.79 bits per heavy atom. The molecule has 1 saturated heterocycles. The number of aliphatic hydroxyl groups is 1. The van der Waals surface area contributed by atoms with Crippen LogP contribution in [0.2, 0.25) is 0 Å². The fourth-order valence-corrected chi connectivity index (χ4v) is 6.19. The van der Waals surface area contributed by atoms with Crippen molar-refractivity contribution in [3.63, 3.8) is 0 Å². The number of anilines is 1. The van der Waals surface area contributed by atoms with E-state index in [9.17, 15) is 8.42 Å². The molecule has 0 bridgehead atoms. The molecule has 1 aromatic heterocycles. The summed E-state index contributed by atoms with van der Waals surface area (Å²) >= 11 is 0. The summed E-state index contributed by atoms with van der Waals surface area (Å²) in [6, 6.07) is 16.3. The molecule has 1 aromatic carbocycles. The summed E-state index contributed by atoms with van der Waals surface area (Å²) < 4.78 is 33.9. The largest absolute Gasteiger partial charge is 0.395 e. The van der Waals surface area contributed by atoms with Gasteiger partial charge in [0.25, 0.3) is 0 Å². The summed E-state index contributed by atoms with van der Waals surface area (Å²) in [6.45, 7) is 1.54. The zero-order valence-corrected chi connectivity index (χ0v) is 19.9. The summed E-state index contributed by atoms with van der Waals surface area (Å²) in [5.74, 6) is 1.24. The second kappa shape index (κ2) is 11.4. The smallest absolute Gasteiger partial charge is 0.214 e. The van der Waals surface area contributed by atoms with Crippen molar-refractivity contribution < 1.29 is 18.3 Å². The minimum absolute atomic E-state index is 0.0149. The van der Waals surface area contributed by atoms with E-state index in [2.05, 4.69) is 44.9 Å². The van der Waals surface area contributed by atoms with Crippen LogP contribution < -0.4 is 9.62 Å². The number of piperidine rings is 1. The number of sulfonamides is 1. The molecule has 4 rings (SSSR count). The van der Waals surface area contributed by atoms with Gasteiger partial charge in [-0.2, -0.15) is 0 Å². The molecular formula is C25H35N3O4S. The van der Waals surface area contributed by atoms with E-state index in [1.54, 1.807) is 6.20 Å². The zero-order chi connectivity index (χ0) is 23.1. The summed E-state index contributed by atoms with van der Waals surface area (Å²) in [4.78, 5) is 6.67. The van der Waals surface area contributed by atoms with Gasteiger partial charge in [0.2, 0.25) is 10.0 Å². The van der Waals surface area contributed by atoms with Crippen LogP contribution in [0.1, 0.15) is 43.6 Å². The third-order valence-electron chi connectivity index (χ3n) is 6.89. The monoisotopic (exact) mass is 473 g/mol. The van der Waals surface area contributed by atoms with Gasteiger partial charge in [0.15, 0.2) is 0 Å². The SMILES string of the molecule is O=S(=O)(CCO)N[C@H]1CCN(c2ccccn2)C[C@H]1CO[C@H]1CC[C@@H](c2ccccc2)CC1. The van der Waals surface area contributed by atoms with Gasteiger partial charge >= 0.3 is 0 Å². The number of rotatable bonds is 9. The van der Waals surface area contributed by atoms with Crippen molar-refractivity contribution in [3.05, 3.63) is 60.3 Å². The minimum Gasteiger partial charge on any atom is -0.395 e.